The van der Waals surface area contributed by atoms with Crippen LogP contribution in [0.3, 0.4) is 0 Å². The van der Waals surface area contributed by atoms with E-state index in [0.29, 0.717) is 35.2 Å². The Bertz CT molecular complexity index is 734. The first kappa shape index (κ1) is 27.9. The van der Waals surface area contributed by atoms with E-state index in [4.69, 9.17) is 0 Å². The molecule has 0 spiro atoms. The van der Waals surface area contributed by atoms with Crippen LogP contribution in [0, 0.1) is 23.2 Å². The zero-order valence-corrected chi connectivity index (χ0v) is 22.6. The third-order valence-corrected chi connectivity index (χ3v) is 8.87. The van der Waals surface area contributed by atoms with Gasteiger partial charge < -0.3 is 0 Å². The van der Waals surface area contributed by atoms with Gasteiger partial charge in [0.15, 0.2) is 0 Å². The lowest BCUT2D eigenvalue weighted by atomic mass is 9.78. The minimum absolute atomic E-state index is 0.378. The number of unbranched alkanes of at least 4 members (excludes halogenated alkanes) is 1. The summed E-state index contributed by atoms with van der Waals surface area (Å²) in [6.45, 7) is 18.1. The molecule has 186 valence electrons. The number of alkyl halides is 1. The van der Waals surface area contributed by atoms with Crippen molar-refractivity contribution < 1.29 is 4.39 Å². The molecule has 4 atom stereocenters. The highest BCUT2D eigenvalue weighted by Gasteiger charge is 2.31. The molecule has 0 nitrogen and oxygen atoms in total. The van der Waals surface area contributed by atoms with E-state index in [2.05, 4.69) is 78.5 Å². The maximum atomic E-state index is 14.1. The summed E-state index contributed by atoms with van der Waals surface area (Å²) >= 11 is 0. The van der Waals surface area contributed by atoms with Gasteiger partial charge in [0, 0.05) is 0 Å². The van der Waals surface area contributed by atoms with Crippen molar-refractivity contribution in [2.45, 2.75) is 118 Å². The summed E-state index contributed by atoms with van der Waals surface area (Å²) in [5, 5.41) is 0. The summed E-state index contributed by atoms with van der Waals surface area (Å²) in [7, 11) is 0. The van der Waals surface area contributed by atoms with Crippen LogP contribution < -0.4 is 0 Å². The molecule has 0 aliphatic heterocycles. The predicted octanol–water partition coefficient (Wildman–Crippen LogP) is 10.5. The van der Waals surface area contributed by atoms with Gasteiger partial charge in [-0.25, -0.2) is 4.39 Å². The Morgan fingerprint density at radius 3 is 2.55 bits per heavy atom. The van der Waals surface area contributed by atoms with Gasteiger partial charge in [-0.15, -0.1) is 0 Å². The van der Waals surface area contributed by atoms with Gasteiger partial charge in [0.05, 0.1) is 0 Å². The fourth-order valence-corrected chi connectivity index (χ4v) is 5.95. The molecule has 2 aliphatic rings. The van der Waals surface area contributed by atoms with Crippen LogP contribution in [-0.4, -0.2) is 6.17 Å². The summed E-state index contributed by atoms with van der Waals surface area (Å²) in [4.78, 5) is 0. The van der Waals surface area contributed by atoms with Crippen molar-refractivity contribution in [1.29, 1.82) is 0 Å². The molecule has 0 heterocycles. The second-order valence-electron chi connectivity index (χ2n) is 10.7. The fourth-order valence-electron chi connectivity index (χ4n) is 5.95. The van der Waals surface area contributed by atoms with Crippen molar-refractivity contribution in [1.82, 2.24) is 0 Å². The molecule has 0 aromatic carbocycles. The molecule has 0 saturated heterocycles. The van der Waals surface area contributed by atoms with Crippen molar-refractivity contribution in [2.75, 3.05) is 0 Å². The number of allylic oxidation sites excluding steroid dienone is 9. The normalized spacial score (nSPS) is 26.9. The Morgan fingerprint density at radius 2 is 1.91 bits per heavy atom. The minimum Gasteiger partial charge on any atom is -0.242 e. The van der Waals surface area contributed by atoms with Gasteiger partial charge in [0.25, 0.3) is 0 Å². The van der Waals surface area contributed by atoms with Gasteiger partial charge in [-0.05, 0) is 98.5 Å². The minimum atomic E-state index is -0.850. The third kappa shape index (κ3) is 7.30. The van der Waals surface area contributed by atoms with E-state index in [1.54, 1.807) is 11.1 Å². The third-order valence-electron chi connectivity index (χ3n) is 8.87. The Labute approximate surface area is 205 Å². The molecule has 0 aromatic heterocycles. The summed E-state index contributed by atoms with van der Waals surface area (Å²) in [5.74, 6) is 1.78. The summed E-state index contributed by atoms with van der Waals surface area (Å²) in [5.41, 5.74) is 5.42. The molecule has 0 N–H and O–H groups in total. The lowest BCUT2D eigenvalue weighted by molar-refractivity contribution is 0.338. The fraction of sp³-hybridized carbons (Fsp3) is 0.688. The van der Waals surface area contributed by atoms with Gasteiger partial charge in [-0.3, -0.25) is 0 Å². The van der Waals surface area contributed by atoms with Gasteiger partial charge in [-0.1, -0.05) is 96.1 Å². The molecule has 1 heteroatoms. The molecule has 4 unspecified atom stereocenters. The van der Waals surface area contributed by atoms with Crippen LogP contribution in [0.15, 0.2) is 59.3 Å². The Kier molecular flexibility index (Phi) is 11.4. The van der Waals surface area contributed by atoms with Crippen LogP contribution >= 0.6 is 0 Å². The topological polar surface area (TPSA) is 0 Å². The Morgan fingerprint density at radius 1 is 1.21 bits per heavy atom. The second kappa shape index (κ2) is 13.5. The van der Waals surface area contributed by atoms with E-state index in [9.17, 15) is 4.39 Å². The van der Waals surface area contributed by atoms with Crippen molar-refractivity contribution in [3.8, 4) is 0 Å². The van der Waals surface area contributed by atoms with E-state index < -0.39 is 6.17 Å². The molecule has 0 amide bonds. The van der Waals surface area contributed by atoms with Crippen LogP contribution in [-0.2, 0) is 0 Å². The molecule has 0 aromatic rings. The van der Waals surface area contributed by atoms with Gasteiger partial charge in [0.1, 0.15) is 6.17 Å². The van der Waals surface area contributed by atoms with Gasteiger partial charge >= 0.3 is 0 Å². The molecule has 1 saturated carbocycles. The zero-order chi connectivity index (χ0) is 24.4. The number of rotatable bonds is 12. The molecule has 2 aliphatic carbocycles. The first-order chi connectivity index (χ1) is 15.8. The second-order valence-corrected chi connectivity index (χ2v) is 10.7. The quantitative estimate of drug-likeness (QED) is 0.257. The number of hydrogen-bond donors (Lipinski definition) is 0. The monoisotopic (exact) mass is 454 g/mol. The van der Waals surface area contributed by atoms with Crippen LogP contribution in [0.2, 0.25) is 0 Å². The van der Waals surface area contributed by atoms with Crippen LogP contribution in [0.25, 0.3) is 0 Å². The molecule has 0 radical (unpaired) electrons. The first-order valence-electron chi connectivity index (χ1n) is 13.9. The highest BCUT2D eigenvalue weighted by Crippen LogP contribution is 2.43. The molecule has 1 fully saturated rings. The van der Waals surface area contributed by atoms with E-state index >= 15 is 0 Å². The molecule has 33 heavy (non-hydrogen) atoms. The Balaban J connectivity index is 2.10. The first-order valence-corrected chi connectivity index (χ1v) is 13.9. The Hall–Kier alpha value is -1.37. The van der Waals surface area contributed by atoms with E-state index in [1.807, 2.05) is 0 Å². The maximum Gasteiger partial charge on any atom is 0.125 e. The highest BCUT2D eigenvalue weighted by atomic mass is 19.1. The average Bonchev–Trinajstić information content (AvgIpc) is 3.21. The highest BCUT2D eigenvalue weighted by molar-refractivity contribution is 5.38. The summed E-state index contributed by atoms with van der Waals surface area (Å²) < 4.78 is 14.1. The van der Waals surface area contributed by atoms with Crippen LogP contribution in [0.4, 0.5) is 4.39 Å². The smallest absolute Gasteiger partial charge is 0.125 e. The molecule has 0 bridgehead atoms. The maximum absolute atomic E-state index is 14.1. The predicted molar refractivity (Wildman–Crippen MR) is 145 cm³/mol. The lowest BCUT2D eigenvalue weighted by Gasteiger charge is -2.27. The lowest BCUT2D eigenvalue weighted by Crippen LogP contribution is -2.15. The van der Waals surface area contributed by atoms with Crippen molar-refractivity contribution in [3.05, 3.63) is 59.3 Å². The van der Waals surface area contributed by atoms with Crippen molar-refractivity contribution >= 4 is 0 Å². The van der Waals surface area contributed by atoms with Crippen LogP contribution in [0.1, 0.15) is 112 Å². The number of halogens is 1. The summed E-state index contributed by atoms with van der Waals surface area (Å²) in [6, 6.07) is 0. The number of hydrogen-bond acceptors (Lipinski definition) is 0. The molecular formula is C32H51F. The summed E-state index contributed by atoms with van der Waals surface area (Å²) in [6.07, 6.45) is 23.3. The van der Waals surface area contributed by atoms with Crippen LogP contribution in [0.5, 0.6) is 0 Å². The van der Waals surface area contributed by atoms with E-state index in [-0.39, 0.29) is 0 Å². The largest absolute Gasteiger partial charge is 0.242 e. The van der Waals surface area contributed by atoms with E-state index in [1.165, 1.54) is 32.1 Å². The average molecular weight is 455 g/mol. The zero-order valence-electron chi connectivity index (χ0n) is 22.6. The van der Waals surface area contributed by atoms with Crippen molar-refractivity contribution in [2.24, 2.45) is 23.2 Å². The van der Waals surface area contributed by atoms with Crippen molar-refractivity contribution in [3.63, 3.8) is 0 Å². The van der Waals surface area contributed by atoms with Gasteiger partial charge in [0.2, 0.25) is 0 Å². The van der Waals surface area contributed by atoms with Gasteiger partial charge in [-0.2, -0.15) is 0 Å². The van der Waals surface area contributed by atoms with E-state index in [0.717, 1.165) is 37.7 Å². The standard InChI is InChI=1S/C32H51F/c1-8-12-16-28(20-19-27-17-13-18-31(33)25(27)6)30-22-21-29(26(30)7)24(5)15-14-23-32(9-2,10-3)11-4/h14,19-21,23-24,26,30-31H,6,8-13,15-18,22H2,1-5,7H3/b23-14+,27-19-,28-20+. The molecular weight excluding hydrogens is 403 g/mol. The molecule has 2 rings (SSSR count). The SMILES string of the molecule is C=C1/C(=C\C=C(/CCCC)C2CC=C(C(C)C/C=C/C(CC)(CC)CC)C2C)CCCC1F.